The van der Waals surface area contributed by atoms with E-state index in [1.54, 1.807) is 12.0 Å². The highest BCUT2D eigenvalue weighted by Gasteiger charge is 2.30. The summed E-state index contributed by atoms with van der Waals surface area (Å²) in [6.07, 6.45) is 1.50. The summed E-state index contributed by atoms with van der Waals surface area (Å²) in [6, 6.07) is 24.8. The van der Waals surface area contributed by atoms with Gasteiger partial charge in [0.15, 0.2) is 0 Å². The fourth-order valence-electron chi connectivity index (χ4n) is 3.83. The van der Waals surface area contributed by atoms with Crippen molar-refractivity contribution >= 4 is 11.8 Å². The number of hydrogen-bond donors (Lipinski definition) is 1. The third-order valence-electron chi connectivity index (χ3n) is 5.81. The Bertz CT molecular complexity index is 1050. The number of carbonyl (C=O) groups is 2. The molecule has 1 atom stereocenters. The zero-order valence-corrected chi connectivity index (χ0v) is 20.3. The SMILES string of the molecule is CCCNC(=O)[C@@H](Cc1ccccc1)N(Cc1ccc(C)cc1)C(=O)Cc1ccc(OC)cc1. The number of nitrogens with one attached hydrogen (secondary N) is 1. The molecule has 178 valence electrons. The van der Waals surface area contributed by atoms with E-state index in [-0.39, 0.29) is 18.2 Å². The molecule has 0 radical (unpaired) electrons. The Hall–Kier alpha value is -3.60. The van der Waals surface area contributed by atoms with Gasteiger partial charge in [0.25, 0.3) is 0 Å². The van der Waals surface area contributed by atoms with Gasteiger partial charge in [-0.15, -0.1) is 0 Å². The van der Waals surface area contributed by atoms with Crippen LogP contribution in [-0.2, 0) is 29.0 Å². The molecule has 5 nitrogen and oxygen atoms in total. The number of rotatable bonds is 11. The fourth-order valence-corrected chi connectivity index (χ4v) is 3.83. The van der Waals surface area contributed by atoms with Crippen LogP contribution in [0, 0.1) is 6.92 Å². The molecule has 0 aliphatic carbocycles. The van der Waals surface area contributed by atoms with Crippen molar-refractivity contribution in [2.75, 3.05) is 13.7 Å². The van der Waals surface area contributed by atoms with Gasteiger partial charge in [0.1, 0.15) is 11.8 Å². The van der Waals surface area contributed by atoms with Gasteiger partial charge >= 0.3 is 0 Å². The Morgan fingerprint density at radius 1 is 0.882 bits per heavy atom. The number of amides is 2. The molecule has 5 heteroatoms. The molecular weight excluding hydrogens is 424 g/mol. The summed E-state index contributed by atoms with van der Waals surface area (Å²) in [7, 11) is 1.62. The van der Waals surface area contributed by atoms with E-state index >= 15 is 0 Å². The molecule has 3 rings (SSSR count). The smallest absolute Gasteiger partial charge is 0.243 e. The molecule has 0 fully saturated rings. The second kappa shape index (κ2) is 12.6. The molecule has 0 aliphatic heterocycles. The van der Waals surface area contributed by atoms with Crippen LogP contribution in [0.15, 0.2) is 78.9 Å². The van der Waals surface area contributed by atoms with Crippen LogP contribution in [-0.4, -0.2) is 36.4 Å². The number of methoxy groups -OCH3 is 1. The number of carbonyl (C=O) groups excluding carboxylic acids is 2. The van der Waals surface area contributed by atoms with Gasteiger partial charge < -0.3 is 15.0 Å². The first-order valence-corrected chi connectivity index (χ1v) is 11.8. The minimum Gasteiger partial charge on any atom is -0.497 e. The van der Waals surface area contributed by atoms with Crippen molar-refractivity contribution in [3.8, 4) is 5.75 Å². The van der Waals surface area contributed by atoms with E-state index in [1.165, 1.54) is 0 Å². The third-order valence-corrected chi connectivity index (χ3v) is 5.81. The highest BCUT2D eigenvalue weighted by atomic mass is 16.5. The average molecular weight is 459 g/mol. The van der Waals surface area contributed by atoms with Crippen LogP contribution in [0.25, 0.3) is 0 Å². The van der Waals surface area contributed by atoms with Gasteiger partial charge in [-0.25, -0.2) is 0 Å². The molecule has 34 heavy (non-hydrogen) atoms. The lowest BCUT2D eigenvalue weighted by Crippen LogP contribution is -2.51. The van der Waals surface area contributed by atoms with Crippen molar-refractivity contribution in [3.63, 3.8) is 0 Å². The summed E-state index contributed by atoms with van der Waals surface area (Å²) in [4.78, 5) is 28.7. The molecule has 2 amide bonds. The number of aryl methyl sites for hydroxylation is 1. The second-order valence-electron chi connectivity index (χ2n) is 8.53. The third kappa shape index (κ3) is 7.20. The Kier molecular flexibility index (Phi) is 9.27. The predicted molar refractivity (Wildman–Crippen MR) is 136 cm³/mol. The molecule has 3 aromatic carbocycles. The van der Waals surface area contributed by atoms with Gasteiger partial charge in [-0.1, -0.05) is 79.2 Å². The van der Waals surface area contributed by atoms with Crippen molar-refractivity contribution in [3.05, 3.63) is 101 Å². The van der Waals surface area contributed by atoms with E-state index in [2.05, 4.69) is 5.32 Å². The quantitative estimate of drug-likeness (QED) is 0.453. The average Bonchev–Trinajstić information content (AvgIpc) is 2.86. The molecule has 0 saturated heterocycles. The normalized spacial score (nSPS) is 11.5. The van der Waals surface area contributed by atoms with E-state index in [0.717, 1.165) is 34.4 Å². The van der Waals surface area contributed by atoms with Gasteiger partial charge in [0, 0.05) is 19.5 Å². The summed E-state index contributed by atoms with van der Waals surface area (Å²) in [6.45, 7) is 5.00. The summed E-state index contributed by atoms with van der Waals surface area (Å²) < 4.78 is 5.24. The monoisotopic (exact) mass is 458 g/mol. The zero-order chi connectivity index (χ0) is 24.3. The highest BCUT2D eigenvalue weighted by Crippen LogP contribution is 2.18. The first-order chi connectivity index (χ1) is 16.5. The summed E-state index contributed by atoms with van der Waals surface area (Å²) in [5.74, 6) is 0.535. The van der Waals surface area contributed by atoms with Crippen molar-refractivity contribution in [1.82, 2.24) is 10.2 Å². The van der Waals surface area contributed by atoms with Crippen molar-refractivity contribution in [2.45, 2.75) is 45.7 Å². The topological polar surface area (TPSA) is 58.6 Å². The molecule has 0 aliphatic rings. The number of benzene rings is 3. The minimum absolute atomic E-state index is 0.0849. The van der Waals surface area contributed by atoms with Crippen molar-refractivity contribution in [1.29, 1.82) is 0 Å². The standard InChI is InChI=1S/C29H34N2O3/c1-4-18-30-29(33)27(19-23-8-6-5-7-9-23)31(21-25-12-10-22(2)11-13-25)28(32)20-24-14-16-26(34-3)17-15-24/h5-17,27H,4,18-21H2,1-3H3,(H,30,33)/t27-/m1/s1. The summed E-state index contributed by atoms with van der Waals surface area (Å²) in [5.41, 5.74) is 4.05. The maximum Gasteiger partial charge on any atom is 0.243 e. The molecule has 0 saturated carbocycles. The zero-order valence-electron chi connectivity index (χ0n) is 20.3. The number of ether oxygens (including phenoxy) is 1. The van der Waals surface area contributed by atoms with Gasteiger partial charge in [-0.2, -0.15) is 0 Å². The van der Waals surface area contributed by atoms with E-state index in [0.29, 0.717) is 19.5 Å². The van der Waals surface area contributed by atoms with Crippen molar-refractivity contribution in [2.24, 2.45) is 0 Å². The lowest BCUT2D eigenvalue weighted by molar-refractivity contribution is -0.140. The maximum atomic E-state index is 13.7. The predicted octanol–water partition coefficient (Wildman–Crippen LogP) is 4.71. The second-order valence-corrected chi connectivity index (χ2v) is 8.53. The Balaban J connectivity index is 1.92. The molecule has 0 aromatic heterocycles. The van der Waals surface area contributed by atoms with Crippen LogP contribution >= 0.6 is 0 Å². The van der Waals surface area contributed by atoms with E-state index in [9.17, 15) is 9.59 Å². The Morgan fingerprint density at radius 2 is 1.53 bits per heavy atom. The van der Waals surface area contributed by atoms with Crippen molar-refractivity contribution < 1.29 is 14.3 Å². The molecular formula is C29H34N2O3. The Morgan fingerprint density at radius 3 is 2.15 bits per heavy atom. The van der Waals surface area contributed by atoms with E-state index < -0.39 is 6.04 Å². The van der Waals surface area contributed by atoms with Crippen LogP contribution in [0.5, 0.6) is 5.75 Å². The van der Waals surface area contributed by atoms with E-state index in [4.69, 9.17) is 4.74 Å². The largest absolute Gasteiger partial charge is 0.497 e. The van der Waals surface area contributed by atoms with Crippen LogP contribution in [0.4, 0.5) is 0 Å². The maximum absolute atomic E-state index is 13.7. The van der Waals surface area contributed by atoms with Gasteiger partial charge in [0.2, 0.25) is 11.8 Å². The summed E-state index contributed by atoms with van der Waals surface area (Å²) in [5, 5.41) is 3.01. The van der Waals surface area contributed by atoms with Gasteiger partial charge in [-0.3, -0.25) is 9.59 Å². The van der Waals surface area contributed by atoms with Crippen LogP contribution in [0.3, 0.4) is 0 Å². The molecule has 0 spiro atoms. The molecule has 3 aromatic rings. The molecule has 0 heterocycles. The molecule has 1 N–H and O–H groups in total. The number of nitrogens with zero attached hydrogens (tertiary/aromatic N) is 1. The fraction of sp³-hybridized carbons (Fsp3) is 0.310. The van der Waals surface area contributed by atoms with Gasteiger partial charge in [0.05, 0.1) is 13.5 Å². The van der Waals surface area contributed by atoms with Crippen LogP contribution in [0.1, 0.15) is 35.6 Å². The van der Waals surface area contributed by atoms with Crippen LogP contribution < -0.4 is 10.1 Å². The summed E-state index contributed by atoms with van der Waals surface area (Å²) >= 11 is 0. The lowest BCUT2D eigenvalue weighted by atomic mass is 10.0. The van der Waals surface area contributed by atoms with Crippen LogP contribution in [0.2, 0.25) is 0 Å². The Labute approximate surface area is 202 Å². The highest BCUT2D eigenvalue weighted by molar-refractivity contribution is 5.88. The lowest BCUT2D eigenvalue weighted by Gasteiger charge is -2.31. The first kappa shape index (κ1) is 25.0. The molecule has 0 bridgehead atoms. The first-order valence-electron chi connectivity index (χ1n) is 11.8. The van der Waals surface area contributed by atoms with Gasteiger partial charge in [-0.05, 0) is 42.2 Å². The minimum atomic E-state index is -0.610. The number of hydrogen-bond acceptors (Lipinski definition) is 3. The van der Waals surface area contributed by atoms with E-state index in [1.807, 2.05) is 92.7 Å². The molecule has 0 unspecified atom stereocenters.